The summed E-state index contributed by atoms with van der Waals surface area (Å²) in [5.74, 6) is -1.33. The molecule has 0 heterocycles. The first kappa shape index (κ1) is 35.5. The molecule has 0 spiro atoms. The van der Waals surface area contributed by atoms with Gasteiger partial charge in [-0.25, -0.2) is 8.42 Å². The zero-order valence-electron chi connectivity index (χ0n) is 24.0. The molecule has 0 fully saturated rings. The first-order chi connectivity index (χ1) is 20.5. The number of hydrogen-bond acceptors (Lipinski definition) is 4. The second kappa shape index (κ2) is 14.9. The molecule has 0 saturated heterocycles. The summed E-state index contributed by atoms with van der Waals surface area (Å²) >= 11 is 18.0. The van der Waals surface area contributed by atoms with Gasteiger partial charge in [-0.3, -0.25) is 13.9 Å². The zero-order valence-corrected chi connectivity index (χ0v) is 27.1. The van der Waals surface area contributed by atoms with Gasteiger partial charge in [-0.2, -0.15) is 13.2 Å². The van der Waals surface area contributed by atoms with Crippen molar-refractivity contribution in [2.24, 2.45) is 0 Å². The van der Waals surface area contributed by atoms with E-state index in [2.05, 4.69) is 5.32 Å². The number of amides is 2. The number of anilines is 1. The lowest BCUT2D eigenvalue weighted by Crippen LogP contribution is -2.54. The third-order valence-electron chi connectivity index (χ3n) is 6.83. The molecular weight excluding hydrogens is 662 g/mol. The van der Waals surface area contributed by atoms with E-state index in [1.165, 1.54) is 17.0 Å². The van der Waals surface area contributed by atoms with Crippen molar-refractivity contribution in [2.45, 2.75) is 51.5 Å². The van der Waals surface area contributed by atoms with E-state index in [0.29, 0.717) is 22.4 Å². The molecule has 0 unspecified atom stereocenters. The zero-order chi connectivity index (χ0) is 32.8. The van der Waals surface area contributed by atoms with Gasteiger partial charge in [0.1, 0.15) is 12.6 Å². The predicted molar refractivity (Wildman–Crippen MR) is 167 cm³/mol. The number of sulfonamides is 1. The minimum Gasteiger partial charge on any atom is -0.352 e. The highest BCUT2D eigenvalue weighted by Crippen LogP contribution is 2.37. The van der Waals surface area contributed by atoms with Crippen LogP contribution >= 0.6 is 34.8 Å². The molecule has 14 heteroatoms. The third-order valence-corrected chi connectivity index (χ3v) is 9.04. The molecule has 44 heavy (non-hydrogen) atoms. The molecule has 238 valence electrons. The highest BCUT2D eigenvalue weighted by molar-refractivity contribution is 7.92. The number of hydrogen-bond donors (Lipinski definition) is 1. The second-order valence-corrected chi connectivity index (χ2v) is 13.4. The van der Waals surface area contributed by atoms with Crippen LogP contribution < -0.4 is 9.62 Å². The average molecular weight is 693 g/mol. The lowest BCUT2D eigenvalue weighted by Gasteiger charge is -2.34. The van der Waals surface area contributed by atoms with Gasteiger partial charge < -0.3 is 10.2 Å². The van der Waals surface area contributed by atoms with Crippen LogP contribution in [-0.2, 0) is 38.8 Å². The van der Waals surface area contributed by atoms with Crippen molar-refractivity contribution in [1.29, 1.82) is 0 Å². The molecular formula is C30H31Cl3F3N3O4S. The normalized spacial score (nSPS) is 13.2. The summed E-state index contributed by atoms with van der Waals surface area (Å²) in [6.45, 7) is 2.59. The summed E-state index contributed by atoms with van der Waals surface area (Å²) in [5.41, 5.74) is -0.480. The monoisotopic (exact) mass is 691 g/mol. The quantitative estimate of drug-likeness (QED) is 0.222. The maximum Gasteiger partial charge on any atom is 0.417 e. The summed E-state index contributed by atoms with van der Waals surface area (Å²) in [6, 6.07) is 14.7. The van der Waals surface area contributed by atoms with E-state index in [4.69, 9.17) is 34.8 Å². The van der Waals surface area contributed by atoms with Gasteiger partial charge in [-0.1, -0.05) is 78.1 Å². The molecule has 7 nitrogen and oxygen atoms in total. The van der Waals surface area contributed by atoms with Crippen LogP contribution in [0, 0.1) is 0 Å². The molecule has 0 radical (unpaired) electrons. The largest absolute Gasteiger partial charge is 0.417 e. The van der Waals surface area contributed by atoms with Gasteiger partial charge in [-0.05, 0) is 54.8 Å². The highest BCUT2D eigenvalue weighted by Gasteiger charge is 2.36. The van der Waals surface area contributed by atoms with Gasteiger partial charge in [0.05, 0.1) is 32.6 Å². The number of carbonyl (C=O) groups excluding carboxylic acids is 2. The maximum absolute atomic E-state index is 14.1. The van der Waals surface area contributed by atoms with Crippen molar-refractivity contribution in [1.82, 2.24) is 10.2 Å². The van der Waals surface area contributed by atoms with Crippen LogP contribution in [0.2, 0.25) is 15.1 Å². The van der Waals surface area contributed by atoms with Gasteiger partial charge >= 0.3 is 6.18 Å². The van der Waals surface area contributed by atoms with Crippen molar-refractivity contribution in [3.8, 4) is 0 Å². The average Bonchev–Trinajstić information content (AvgIpc) is 2.95. The molecule has 3 aromatic carbocycles. The lowest BCUT2D eigenvalue weighted by molar-refractivity contribution is -0.140. The van der Waals surface area contributed by atoms with E-state index in [1.807, 2.05) is 6.92 Å². The number of alkyl halides is 3. The number of nitrogens with zero attached hydrogens (tertiary/aromatic N) is 2. The molecule has 0 aliphatic heterocycles. The van der Waals surface area contributed by atoms with Gasteiger partial charge in [0.15, 0.2) is 0 Å². The molecule has 1 N–H and O–H groups in total. The molecule has 0 aromatic heterocycles. The lowest BCUT2D eigenvalue weighted by atomic mass is 10.0. The van der Waals surface area contributed by atoms with Crippen molar-refractivity contribution in [3.63, 3.8) is 0 Å². The second-order valence-electron chi connectivity index (χ2n) is 10.2. The number of nitrogens with one attached hydrogen (secondary N) is 1. The fourth-order valence-corrected chi connectivity index (χ4v) is 5.72. The first-order valence-electron chi connectivity index (χ1n) is 13.4. The van der Waals surface area contributed by atoms with E-state index in [1.54, 1.807) is 43.3 Å². The van der Waals surface area contributed by atoms with Crippen LogP contribution in [0.15, 0.2) is 66.7 Å². The Morgan fingerprint density at radius 2 is 1.55 bits per heavy atom. The minimum absolute atomic E-state index is 0.0637. The molecule has 0 bridgehead atoms. The Hall–Kier alpha value is -2.99. The first-order valence-corrected chi connectivity index (χ1v) is 16.4. The Kier molecular flexibility index (Phi) is 12.0. The van der Waals surface area contributed by atoms with E-state index >= 15 is 0 Å². The van der Waals surface area contributed by atoms with Crippen LogP contribution in [0.25, 0.3) is 0 Å². The molecule has 0 saturated carbocycles. The fourth-order valence-electron chi connectivity index (χ4n) is 4.33. The summed E-state index contributed by atoms with van der Waals surface area (Å²) in [6.07, 6.45) is -3.45. The summed E-state index contributed by atoms with van der Waals surface area (Å²) in [7, 11) is -4.30. The SMILES string of the molecule is CC[C@H](C)NC(=O)[C@H](Cc1ccccc1)N(Cc1ccc(Cl)c(Cl)c1)C(=O)CN(c1ccc(Cl)c(C(F)(F)F)c1)S(C)(=O)=O. The van der Waals surface area contributed by atoms with E-state index < -0.39 is 56.9 Å². The highest BCUT2D eigenvalue weighted by atomic mass is 35.5. The van der Waals surface area contributed by atoms with Gasteiger partial charge in [-0.15, -0.1) is 0 Å². The molecule has 2 amide bonds. The van der Waals surface area contributed by atoms with E-state index in [0.717, 1.165) is 24.0 Å². The molecule has 0 aliphatic rings. The number of halogens is 6. The third kappa shape index (κ3) is 9.50. The van der Waals surface area contributed by atoms with Crippen LogP contribution in [0.3, 0.4) is 0 Å². The smallest absolute Gasteiger partial charge is 0.352 e. The maximum atomic E-state index is 14.1. The van der Waals surface area contributed by atoms with E-state index in [-0.39, 0.29) is 29.1 Å². The summed E-state index contributed by atoms with van der Waals surface area (Å²) in [4.78, 5) is 29.0. The Bertz CT molecular complexity index is 1590. The van der Waals surface area contributed by atoms with Gasteiger partial charge in [0.2, 0.25) is 21.8 Å². The molecule has 3 rings (SSSR count). The van der Waals surface area contributed by atoms with Gasteiger partial charge in [0.25, 0.3) is 0 Å². The predicted octanol–water partition coefficient (Wildman–Crippen LogP) is 6.99. The van der Waals surface area contributed by atoms with Crippen LogP contribution in [0.1, 0.15) is 37.0 Å². The Morgan fingerprint density at radius 3 is 2.11 bits per heavy atom. The Morgan fingerprint density at radius 1 is 0.909 bits per heavy atom. The number of benzene rings is 3. The Labute approximate surface area is 269 Å². The van der Waals surface area contributed by atoms with Crippen molar-refractivity contribution >= 4 is 62.3 Å². The van der Waals surface area contributed by atoms with Gasteiger partial charge in [0, 0.05) is 19.0 Å². The van der Waals surface area contributed by atoms with Crippen molar-refractivity contribution in [2.75, 3.05) is 17.1 Å². The van der Waals surface area contributed by atoms with Crippen LogP contribution in [-0.4, -0.2) is 50.0 Å². The molecule has 3 aromatic rings. The Balaban J connectivity index is 2.13. The summed E-state index contributed by atoms with van der Waals surface area (Å²) < 4.78 is 67.2. The van der Waals surface area contributed by atoms with Crippen LogP contribution in [0.5, 0.6) is 0 Å². The minimum atomic E-state index is -4.88. The molecule has 2 atom stereocenters. The van der Waals surface area contributed by atoms with Crippen LogP contribution in [0.4, 0.5) is 18.9 Å². The number of rotatable bonds is 12. The van der Waals surface area contributed by atoms with Crippen molar-refractivity contribution < 1.29 is 31.2 Å². The standard InChI is InChI=1S/C30H31Cl3F3N3O4S/c1-4-19(2)37-29(41)27(15-20-8-6-5-7-9-20)38(17-21-10-12-25(32)26(33)14-21)28(40)18-39(44(3,42)43)22-11-13-24(31)23(16-22)30(34,35)36/h5-14,16,19,27H,4,15,17-18H2,1-3H3,(H,37,41)/t19-,27-/m0/s1. The van der Waals surface area contributed by atoms with E-state index in [9.17, 15) is 31.2 Å². The molecule has 0 aliphatic carbocycles. The van der Waals surface area contributed by atoms with Crippen molar-refractivity contribution in [3.05, 3.63) is 98.5 Å². The topological polar surface area (TPSA) is 86.8 Å². The summed E-state index contributed by atoms with van der Waals surface area (Å²) in [5, 5.41) is 2.71. The fraction of sp³-hybridized carbons (Fsp3) is 0.333. The number of carbonyl (C=O) groups is 2.